The van der Waals surface area contributed by atoms with Crippen LogP contribution in [0.3, 0.4) is 0 Å². The summed E-state index contributed by atoms with van der Waals surface area (Å²) in [5.74, 6) is 2.25. The third-order valence-electron chi connectivity index (χ3n) is 5.03. The molecule has 7 heteroatoms. The summed E-state index contributed by atoms with van der Waals surface area (Å²) in [7, 11) is 4.56. The van der Waals surface area contributed by atoms with E-state index in [-0.39, 0.29) is 5.91 Å². The zero-order valence-electron chi connectivity index (χ0n) is 16.1. The predicted octanol–water partition coefficient (Wildman–Crippen LogP) is 3.81. The number of methoxy groups -OCH3 is 3. The summed E-state index contributed by atoms with van der Waals surface area (Å²) in [5, 5.41) is 10.1. The van der Waals surface area contributed by atoms with Crippen LogP contribution < -0.4 is 19.5 Å². The van der Waals surface area contributed by atoms with Crippen LogP contribution in [0, 0.1) is 5.92 Å². The van der Waals surface area contributed by atoms with E-state index in [1.807, 2.05) is 6.07 Å². The Balaban J connectivity index is 1.70. The molecule has 0 atom stereocenters. The molecule has 27 heavy (non-hydrogen) atoms. The maximum Gasteiger partial charge on any atom is 0.257 e. The van der Waals surface area contributed by atoms with Crippen LogP contribution in [-0.2, 0) is 6.42 Å². The van der Waals surface area contributed by atoms with Crippen LogP contribution in [0.4, 0.5) is 5.82 Å². The Kier molecular flexibility index (Phi) is 6.21. The van der Waals surface area contributed by atoms with E-state index < -0.39 is 0 Å². The molecule has 0 spiro atoms. The highest BCUT2D eigenvalue weighted by Gasteiger charge is 2.19. The monoisotopic (exact) mass is 373 g/mol. The summed E-state index contributed by atoms with van der Waals surface area (Å²) in [4.78, 5) is 12.6. The lowest BCUT2D eigenvalue weighted by Crippen LogP contribution is -2.13. The van der Waals surface area contributed by atoms with Gasteiger partial charge in [-0.1, -0.05) is 32.1 Å². The molecular weight excluding hydrogens is 346 g/mol. The van der Waals surface area contributed by atoms with Gasteiger partial charge in [-0.05, 0) is 24.5 Å². The average Bonchev–Trinajstić information content (AvgIpc) is 3.14. The summed E-state index contributed by atoms with van der Waals surface area (Å²) >= 11 is 0. The SMILES string of the molecule is COc1cc(C(=O)Nc2cc(CC3CCCCC3)[nH]n2)cc(OC)c1OC. The molecule has 1 aliphatic rings. The number of hydrogen-bond acceptors (Lipinski definition) is 5. The molecule has 0 saturated heterocycles. The smallest absolute Gasteiger partial charge is 0.257 e. The largest absolute Gasteiger partial charge is 0.493 e. The molecule has 2 aromatic rings. The first kappa shape index (κ1) is 19.1. The maximum atomic E-state index is 12.6. The van der Waals surface area contributed by atoms with E-state index in [1.54, 1.807) is 12.1 Å². The highest BCUT2D eigenvalue weighted by atomic mass is 16.5. The summed E-state index contributed by atoms with van der Waals surface area (Å²) in [6.45, 7) is 0. The van der Waals surface area contributed by atoms with Gasteiger partial charge in [0.25, 0.3) is 5.91 Å². The molecule has 1 heterocycles. The highest BCUT2D eigenvalue weighted by Crippen LogP contribution is 2.38. The molecule has 1 fully saturated rings. The molecule has 0 unspecified atom stereocenters. The molecule has 7 nitrogen and oxygen atoms in total. The fraction of sp³-hybridized carbons (Fsp3) is 0.500. The van der Waals surface area contributed by atoms with E-state index >= 15 is 0 Å². The van der Waals surface area contributed by atoms with Gasteiger partial charge in [-0.3, -0.25) is 9.89 Å². The number of aromatic amines is 1. The van der Waals surface area contributed by atoms with Crippen molar-refractivity contribution in [3.05, 3.63) is 29.5 Å². The molecule has 1 aromatic carbocycles. The number of nitrogens with one attached hydrogen (secondary N) is 2. The number of carbonyl (C=O) groups excluding carboxylic acids is 1. The van der Waals surface area contributed by atoms with Crippen LogP contribution in [-0.4, -0.2) is 37.4 Å². The maximum absolute atomic E-state index is 12.6. The lowest BCUT2D eigenvalue weighted by atomic mass is 9.86. The standard InChI is InChI=1S/C20H27N3O4/c1-25-16-10-14(11-17(26-2)19(16)27-3)20(24)21-18-12-15(22-23-18)9-13-7-5-4-6-8-13/h10-13H,4-9H2,1-3H3,(H2,21,22,23,24). The molecule has 146 valence electrons. The third-order valence-corrected chi connectivity index (χ3v) is 5.03. The Hall–Kier alpha value is -2.70. The van der Waals surface area contributed by atoms with Gasteiger partial charge in [0, 0.05) is 17.3 Å². The van der Waals surface area contributed by atoms with E-state index in [9.17, 15) is 4.79 Å². The van der Waals surface area contributed by atoms with E-state index in [1.165, 1.54) is 53.4 Å². The van der Waals surface area contributed by atoms with Crippen molar-refractivity contribution < 1.29 is 19.0 Å². The number of amides is 1. The third kappa shape index (κ3) is 4.53. The van der Waals surface area contributed by atoms with Gasteiger partial charge in [-0.25, -0.2) is 0 Å². The number of nitrogens with zero attached hydrogens (tertiary/aromatic N) is 1. The molecule has 1 amide bonds. The van der Waals surface area contributed by atoms with Gasteiger partial charge in [0.2, 0.25) is 5.75 Å². The Morgan fingerprint density at radius 2 is 1.74 bits per heavy atom. The minimum Gasteiger partial charge on any atom is -0.493 e. The van der Waals surface area contributed by atoms with Crippen molar-refractivity contribution in [2.45, 2.75) is 38.5 Å². The number of rotatable bonds is 7. The number of carbonyl (C=O) groups is 1. The van der Waals surface area contributed by atoms with Gasteiger partial charge >= 0.3 is 0 Å². The number of ether oxygens (including phenoxy) is 3. The Labute approximate surface area is 159 Å². The second-order valence-corrected chi connectivity index (χ2v) is 6.85. The number of H-pyrrole nitrogens is 1. The van der Waals surface area contributed by atoms with Crippen molar-refractivity contribution in [1.82, 2.24) is 10.2 Å². The van der Waals surface area contributed by atoms with Crippen molar-refractivity contribution >= 4 is 11.7 Å². The van der Waals surface area contributed by atoms with Gasteiger partial charge in [-0.15, -0.1) is 0 Å². The van der Waals surface area contributed by atoms with Gasteiger partial charge in [0.1, 0.15) is 0 Å². The van der Waals surface area contributed by atoms with E-state index in [4.69, 9.17) is 14.2 Å². The lowest BCUT2D eigenvalue weighted by molar-refractivity contribution is 0.102. The first-order valence-electron chi connectivity index (χ1n) is 9.30. The summed E-state index contributed by atoms with van der Waals surface area (Å²) < 4.78 is 15.9. The molecule has 0 bridgehead atoms. The molecule has 1 saturated carbocycles. The van der Waals surface area contributed by atoms with E-state index in [0.29, 0.717) is 34.5 Å². The lowest BCUT2D eigenvalue weighted by Gasteiger charge is -2.20. The normalized spacial score (nSPS) is 14.6. The van der Waals surface area contributed by atoms with Crippen LogP contribution in [0.25, 0.3) is 0 Å². The molecule has 0 radical (unpaired) electrons. The Morgan fingerprint density at radius 1 is 1.07 bits per heavy atom. The minimum absolute atomic E-state index is 0.287. The molecular formula is C20H27N3O4. The van der Waals surface area contributed by atoms with Gasteiger partial charge in [0.15, 0.2) is 17.3 Å². The predicted molar refractivity (Wildman–Crippen MR) is 103 cm³/mol. The van der Waals surface area contributed by atoms with Crippen LogP contribution >= 0.6 is 0 Å². The topological polar surface area (TPSA) is 85.5 Å². The Morgan fingerprint density at radius 3 is 2.33 bits per heavy atom. The van der Waals surface area contributed by atoms with E-state index in [0.717, 1.165) is 12.1 Å². The van der Waals surface area contributed by atoms with Crippen LogP contribution in [0.2, 0.25) is 0 Å². The fourth-order valence-corrected chi connectivity index (χ4v) is 3.63. The first-order chi connectivity index (χ1) is 13.1. The van der Waals surface area contributed by atoms with Crippen LogP contribution in [0.5, 0.6) is 17.2 Å². The average molecular weight is 373 g/mol. The summed E-state index contributed by atoms with van der Waals surface area (Å²) in [5.41, 5.74) is 1.46. The molecule has 2 N–H and O–H groups in total. The molecule has 0 aliphatic heterocycles. The number of benzene rings is 1. The van der Waals surface area contributed by atoms with Crippen molar-refractivity contribution in [3.63, 3.8) is 0 Å². The fourth-order valence-electron chi connectivity index (χ4n) is 3.63. The first-order valence-corrected chi connectivity index (χ1v) is 9.30. The highest BCUT2D eigenvalue weighted by molar-refractivity contribution is 6.04. The summed E-state index contributed by atoms with van der Waals surface area (Å²) in [6, 6.07) is 5.14. The van der Waals surface area contributed by atoms with Crippen molar-refractivity contribution in [2.75, 3.05) is 26.6 Å². The zero-order valence-corrected chi connectivity index (χ0v) is 16.1. The van der Waals surface area contributed by atoms with Crippen LogP contribution in [0.15, 0.2) is 18.2 Å². The van der Waals surface area contributed by atoms with Gasteiger partial charge in [0.05, 0.1) is 21.3 Å². The molecule has 1 aliphatic carbocycles. The van der Waals surface area contributed by atoms with Gasteiger partial charge < -0.3 is 19.5 Å². The minimum atomic E-state index is -0.287. The zero-order chi connectivity index (χ0) is 19.2. The number of aromatic nitrogens is 2. The van der Waals surface area contributed by atoms with Crippen molar-refractivity contribution in [3.8, 4) is 17.2 Å². The van der Waals surface area contributed by atoms with Crippen molar-refractivity contribution in [2.24, 2.45) is 5.92 Å². The van der Waals surface area contributed by atoms with Gasteiger partial charge in [-0.2, -0.15) is 5.10 Å². The summed E-state index contributed by atoms with van der Waals surface area (Å²) in [6.07, 6.45) is 7.48. The number of anilines is 1. The van der Waals surface area contributed by atoms with Crippen molar-refractivity contribution in [1.29, 1.82) is 0 Å². The van der Waals surface area contributed by atoms with E-state index in [2.05, 4.69) is 15.5 Å². The second-order valence-electron chi connectivity index (χ2n) is 6.85. The second kappa shape index (κ2) is 8.79. The molecule has 1 aromatic heterocycles. The molecule has 3 rings (SSSR count). The van der Waals surface area contributed by atoms with Crippen LogP contribution in [0.1, 0.15) is 48.2 Å². The number of hydrogen-bond donors (Lipinski definition) is 2. The quantitative estimate of drug-likeness (QED) is 0.771. The Bertz CT molecular complexity index is 756.